The second-order valence-electron chi connectivity index (χ2n) is 6.93. The minimum Gasteiger partial charge on any atom is -0.352 e. The zero-order valence-electron chi connectivity index (χ0n) is 15.5. The first-order valence-electron chi connectivity index (χ1n) is 9.17. The summed E-state index contributed by atoms with van der Waals surface area (Å²) in [6.07, 6.45) is -3.39. The van der Waals surface area contributed by atoms with E-state index >= 15 is 0 Å². The number of nitrogens with one attached hydrogen (secondary N) is 1. The third kappa shape index (κ3) is 5.16. The van der Waals surface area contributed by atoms with Gasteiger partial charge in [-0.2, -0.15) is 17.5 Å². The summed E-state index contributed by atoms with van der Waals surface area (Å²) >= 11 is 0. The van der Waals surface area contributed by atoms with Crippen LogP contribution < -0.4 is 5.32 Å². The van der Waals surface area contributed by atoms with Gasteiger partial charge in [-0.1, -0.05) is 30.3 Å². The summed E-state index contributed by atoms with van der Waals surface area (Å²) in [4.78, 5) is 12.7. The van der Waals surface area contributed by atoms with E-state index in [0.717, 1.165) is 12.1 Å². The maximum Gasteiger partial charge on any atom is 0.416 e. The molecule has 2 aromatic rings. The molecule has 5 nitrogen and oxygen atoms in total. The van der Waals surface area contributed by atoms with Gasteiger partial charge < -0.3 is 5.32 Å². The number of halogens is 3. The number of amides is 1. The summed E-state index contributed by atoms with van der Waals surface area (Å²) < 4.78 is 65.2. The second kappa shape index (κ2) is 8.54. The van der Waals surface area contributed by atoms with Crippen molar-refractivity contribution >= 4 is 15.9 Å². The number of nitrogens with zero attached hydrogens (tertiary/aromatic N) is 1. The Kier molecular flexibility index (Phi) is 6.28. The van der Waals surface area contributed by atoms with Crippen LogP contribution in [0, 0.1) is 5.92 Å². The van der Waals surface area contributed by atoms with Gasteiger partial charge in [0.2, 0.25) is 15.9 Å². The van der Waals surface area contributed by atoms with Crippen LogP contribution >= 0.6 is 0 Å². The molecule has 0 bridgehead atoms. The number of hydrogen-bond acceptors (Lipinski definition) is 3. The zero-order valence-corrected chi connectivity index (χ0v) is 16.3. The van der Waals surface area contributed by atoms with Crippen LogP contribution in [0.1, 0.15) is 24.0 Å². The van der Waals surface area contributed by atoms with E-state index in [0.29, 0.717) is 24.9 Å². The number of benzene rings is 2. The van der Waals surface area contributed by atoms with Crippen molar-refractivity contribution in [3.63, 3.8) is 0 Å². The fourth-order valence-corrected chi connectivity index (χ4v) is 4.85. The number of piperidine rings is 1. The van der Waals surface area contributed by atoms with Crippen molar-refractivity contribution in [3.8, 4) is 0 Å². The predicted octanol–water partition coefficient (Wildman–Crippen LogP) is 3.42. The molecular formula is C20H21F3N2O3S. The predicted molar refractivity (Wildman–Crippen MR) is 101 cm³/mol. The molecule has 0 aromatic heterocycles. The lowest BCUT2D eigenvalue weighted by Crippen LogP contribution is -2.45. The zero-order chi connectivity index (χ0) is 21.1. The van der Waals surface area contributed by atoms with Crippen molar-refractivity contribution in [2.75, 3.05) is 13.1 Å². The molecule has 2 aromatic carbocycles. The van der Waals surface area contributed by atoms with E-state index in [1.54, 1.807) is 18.2 Å². The van der Waals surface area contributed by atoms with E-state index in [1.807, 2.05) is 0 Å². The van der Waals surface area contributed by atoms with Gasteiger partial charge in [-0.3, -0.25) is 4.79 Å². The van der Waals surface area contributed by atoms with Gasteiger partial charge in [0.1, 0.15) is 0 Å². The van der Waals surface area contributed by atoms with Crippen LogP contribution in [0.25, 0.3) is 0 Å². The maximum atomic E-state index is 12.8. The third-order valence-corrected chi connectivity index (χ3v) is 6.74. The monoisotopic (exact) mass is 426 g/mol. The van der Waals surface area contributed by atoms with Crippen LogP contribution in [0.4, 0.5) is 13.2 Å². The summed E-state index contributed by atoms with van der Waals surface area (Å²) in [5.41, 5.74) is -0.445. The van der Waals surface area contributed by atoms with E-state index in [2.05, 4.69) is 5.32 Å². The van der Waals surface area contributed by atoms with Gasteiger partial charge in [0.15, 0.2) is 0 Å². The van der Waals surface area contributed by atoms with Crippen LogP contribution in [-0.2, 0) is 27.5 Å². The minimum absolute atomic E-state index is 0.0473. The molecule has 156 valence electrons. The molecule has 1 atom stereocenters. The van der Waals surface area contributed by atoms with Crippen molar-refractivity contribution in [2.45, 2.75) is 30.5 Å². The smallest absolute Gasteiger partial charge is 0.352 e. The van der Waals surface area contributed by atoms with E-state index in [9.17, 15) is 26.4 Å². The lowest BCUT2D eigenvalue weighted by atomic mass is 9.98. The van der Waals surface area contributed by atoms with Crippen molar-refractivity contribution in [1.82, 2.24) is 9.62 Å². The average molecular weight is 426 g/mol. The number of sulfonamides is 1. The Labute approximate surface area is 167 Å². The van der Waals surface area contributed by atoms with Crippen LogP contribution in [0.3, 0.4) is 0 Å². The molecule has 1 N–H and O–H groups in total. The average Bonchev–Trinajstić information content (AvgIpc) is 2.72. The molecule has 29 heavy (non-hydrogen) atoms. The van der Waals surface area contributed by atoms with E-state index in [-0.39, 0.29) is 23.9 Å². The molecule has 0 saturated carbocycles. The van der Waals surface area contributed by atoms with Crippen LogP contribution in [0.5, 0.6) is 0 Å². The summed E-state index contributed by atoms with van der Waals surface area (Å²) in [6.45, 7) is 0.324. The summed E-state index contributed by atoms with van der Waals surface area (Å²) in [6, 6.07) is 12.8. The molecule has 1 saturated heterocycles. The van der Waals surface area contributed by atoms with Gasteiger partial charge in [-0.05, 0) is 42.7 Å². The summed E-state index contributed by atoms with van der Waals surface area (Å²) in [5, 5.41) is 2.63. The topological polar surface area (TPSA) is 66.5 Å². The van der Waals surface area contributed by atoms with Crippen molar-refractivity contribution in [2.24, 2.45) is 5.92 Å². The minimum atomic E-state index is -4.45. The van der Waals surface area contributed by atoms with Gasteiger partial charge >= 0.3 is 6.18 Å². The van der Waals surface area contributed by atoms with Gasteiger partial charge in [0.25, 0.3) is 0 Å². The molecule has 1 aliphatic rings. The Balaban J connectivity index is 1.63. The normalized spacial score (nSPS) is 18.4. The van der Waals surface area contributed by atoms with Gasteiger partial charge in [0, 0.05) is 19.6 Å². The van der Waals surface area contributed by atoms with E-state index in [4.69, 9.17) is 0 Å². The molecule has 1 aliphatic heterocycles. The molecule has 0 radical (unpaired) electrons. The number of carbonyl (C=O) groups is 1. The van der Waals surface area contributed by atoms with Gasteiger partial charge in [0.05, 0.1) is 16.4 Å². The molecular weight excluding hydrogens is 405 g/mol. The maximum absolute atomic E-state index is 12.8. The summed E-state index contributed by atoms with van der Waals surface area (Å²) in [5.74, 6) is -0.914. The molecule has 0 spiro atoms. The lowest BCUT2D eigenvalue weighted by molar-refractivity contribution is -0.137. The molecule has 1 unspecified atom stereocenters. The quantitative estimate of drug-likeness (QED) is 0.797. The largest absolute Gasteiger partial charge is 0.416 e. The van der Waals surface area contributed by atoms with Crippen LogP contribution in [0.15, 0.2) is 59.5 Å². The van der Waals surface area contributed by atoms with Gasteiger partial charge in [-0.15, -0.1) is 0 Å². The highest BCUT2D eigenvalue weighted by Crippen LogP contribution is 2.29. The number of alkyl halides is 3. The Hall–Kier alpha value is -2.39. The molecule has 1 heterocycles. The van der Waals surface area contributed by atoms with Crippen LogP contribution in [0.2, 0.25) is 0 Å². The van der Waals surface area contributed by atoms with E-state index in [1.165, 1.54) is 28.6 Å². The first kappa shape index (κ1) is 21.3. The summed E-state index contributed by atoms with van der Waals surface area (Å²) in [7, 11) is -3.69. The van der Waals surface area contributed by atoms with Crippen LogP contribution in [-0.4, -0.2) is 31.7 Å². The highest BCUT2D eigenvalue weighted by atomic mass is 32.2. The third-order valence-electron chi connectivity index (χ3n) is 4.86. The Bertz CT molecular complexity index is 962. The Morgan fingerprint density at radius 1 is 1.10 bits per heavy atom. The molecule has 0 aliphatic carbocycles. The Morgan fingerprint density at radius 3 is 2.52 bits per heavy atom. The van der Waals surface area contributed by atoms with E-state index < -0.39 is 27.7 Å². The lowest BCUT2D eigenvalue weighted by Gasteiger charge is -2.31. The number of hydrogen-bond donors (Lipinski definition) is 1. The fourth-order valence-electron chi connectivity index (χ4n) is 3.31. The first-order chi connectivity index (χ1) is 13.7. The second-order valence-corrected chi connectivity index (χ2v) is 8.87. The highest BCUT2D eigenvalue weighted by Gasteiger charge is 2.33. The SMILES string of the molecule is O=C(NCc1cccc(C(F)(F)F)c1)C1CCCN(S(=O)(=O)c2ccccc2)C1. The first-order valence-corrected chi connectivity index (χ1v) is 10.6. The molecule has 1 fully saturated rings. The molecule has 3 rings (SSSR count). The molecule has 9 heteroatoms. The number of rotatable bonds is 5. The van der Waals surface area contributed by atoms with Crippen molar-refractivity contribution < 1.29 is 26.4 Å². The standard InChI is InChI=1S/C20H21F3N2O3S/c21-20(22,23)17-8-4-6-15(12-17)13-24-19(26)16-7-5-11-25(14-16)29(27,28)18-9-2-1-3-10-18/h1-4,6,8-10,12,16H,5,7,11,13-14H2,(H,24,26). The molecule has 1 amide bonds. The number of carbonyl (C=O) groups excluding carboxylic acids is 1. The fraction of sp³-hybridized carbons (Fsp3) is 0.350. The highest BCUT2D eigenvalue weighted by molar-refractivity contribution is 7.89. The van der Waals surface area contributed by atoms with Crippen molar-refractivity contribution in [3.05, 3.63) is 65.7 Å². The Morgan fingerprint density at radius 2 is 1.83 bits per heavy atom. The van der Waals surface area contributed by atoms with Crippen molar-refractivity contribution in [1.29, 1.82) is 0 Å². The van der Waals surface area contributed by atoms with Gasteiger partial charge in [-0.25, -0.2) is 8.42 Å².